The molecule has 1 aliphatic rings. The first kappa shape index (κ1) is 14.6. The maximum atomic E-state index is 5.76. The molecule has 1 aliphatic carbocycles. The minimum absolute atomic E-state index is 0.392. The number of allylic oxidation sites excluding steroid dienone is 4. The van der Waals surface area contributed by atoms with Gasteiger partial charge in [-0.25, -0.2) is 9.97 Å². The molecule has 3 aromatic rings. The second-order valence-corrected chi connectivity index (χ2v) is 5.97. The third kappa shape index (κ3) is 2.93. The molecule has 1 unspecified atom stereocenters. The van der Waals surface area contributed by atoms with Gasteiger partial charge in [0.05, 0.1) is 11.9 Å². The van der Waals surface area contributed by atoms with Crippen LogP contribution in [0.5, 0.6) is 5.75 Å². The molecule has 24 heavy (non-hydrogen) atoms. The van der Waals surface area contributed by atoms with Gasteiger partial charge in [0.15, 0.2) is 0 Å². The van der Waals surface area contributed by atoms with Gasteiger partial charge in [-0.15, -0.1) is 0 Å². The molecule has 0 fully saturated rings. The van der Waals surface area contributed by atoms with Crippen LogP contribution >= 0.6 is 0 Å². The number of fused-ring (bicyclic) bond motifs is 1. The third-order valence-corrected chi connectivity index (χ3v) is 3.85. The van der Waals surface area contributed by atoms with Crippen LogP contribution in [-0.2, 0) is 6.61 Å². The lowest BCUT2D eigenvalue weighted by atomic mass is 10.2. The van der Waals surface area contributed by atoms with Crippen molar-refractivity contribution in [3.05, 3.63) is 66.0 Å². The Bertz CT molecular complexity index is 939. The van der Waals surface area contributed by atoms with Crippen LogP contribution in [0.1, 0.15) is 24.1 Å². The lowest BCUT2D eigenvalue weighted by molar-refractivity contribution is 0.300. The van der Waals surface area contributed by atoms with E-state index in [4.69, 9.17) is 9.15 Å². The van der Waals surface area contributed by atoms with E-state index in [1.165, 1.54) is 0 Å². The second-order valence-electron chi connectivity index (χ2n) is 5.97. The van der Waals surface area contributed by atoms with Crippen molar-refractivity contribution in [1.29, 1.82) is 0 Å². The van der Waals surface area contributed by atoms with Gasteiger partial charge in [0.2, 0.25) is 11.6 Å². The summed E-state index contributed by atoms with van der Waals surface area (Å²) in [5.41, 5.74) is 4.19. The Kier molecular flexibility index (Phi) is 3.61. The van der Waals surface area contributed by atoms with Crippen molar-refractivity contribution in [2.75, 3.05) is 0 Å². The number of aromatic nitrogens is 3. The molecule has 0 N–H and O–H groups in total. The SMILES string of the molecule is Cc1ccc(COc2cnc3oc(C4=CC(C)C=C4)nc3c2)nc1. The van der Waals surface area contributed by atoms with Gasteiger partial charge in [-0.2, -0.15) is 0 Å². The maximum absolute atomic E-state index is 5.76. The van der Waals surface area contributed by atoms with Crippen LogP contribution in [0.3, 0.4) is 0 Å². The fourth-order valence-electron chi connectivity index (χ4n) is 2.54. The molecule has 4 rings (SSSR count). The van der Waals surface area contributed by atoms with Gasteiger partial charge in [0, 0.05) is 17.8 Å². The van der Waals surface area contributed by atoms with E-state index in [-0.39, 0.29) is 0 Å². The zero-order chi connectivity index (χ0) is 16.5. The molecule has 0 aliphatic heterocycles. The van der Waals surface area contributed by atoms with Crippen molar-refractivity contribution >= 4 is 16.8 Å². The van der Waals surface area contributed by atoms with Crippen molar-refractivity contribution in [3.63, 3.8) is 0 Å². The van der Waals surface area contributed by atoms with E-state index in [0.717, 1.165) is 16.8 Å². The molecule has 5 heteroatoms. The lowest BCUT2D eigenvalue weighted by Gasteiger charge is -2.04. The molecule has 0 bridgehead atoms. The summed E-state index contributed by atoms with van der Waals surface area (Å²) in [4.78, 5) is 13.1. The normalized spacial score (nSPS) is 16.6. The Morgan fingerprint density at radius 2 is 2.12 bits per heavy atom. The number of ether oxygens (including phenoxy) is 1. The first-order chi connectivity index (χ1) is 11.7. The van der Waals surface area contributed by atoms with Gasteiger partial charge in [-0.1, -0.05) is 31.2 Å². The highest BCUT2D eigenvalue weighted by molar-refractivity contribution is 5.78. The van der Waals surface area contributed by atoms with Gasteiger partial charge in [0.25, 0.3) is 0 Å². The summed E-state index contributed by atoms with van der Waals surface area (Å²) in [6, 6.07) is 5.81. The molecule has 3 aromatic heterocycles. The van der Waals surface area contributed by atoms with E-state index in [9.17, 15) is 0 Å². The van der Waals surface area contributed by atoms with Crippen LogP contribution in [-0.4, -0.2) is 15.0 Å². The van der Waals surface area contributed by atoms with Crippen molar-refractivity contribution in [1.82, 2.24) is 15.0 Å². The van der Waals surface area contributed by atoms with E-state index in [1.54, 1.807) is 6.20 Å². The number of pyridine rings is 2. The third-order valence-electron chi connectivity index (χ3n) is 3.85. The zero-order valence-corrected chi connectivity index (χ0v) is 13.6. The van der Waals surface area contributed by atoms with E-state index in [2.05, 4.69) is 34.0 Å². The van der Waals surface area contributed by atoms with Crippen LogP contribution in [0, 0.1) is 12.8 Å². The highest BCUT2D eigenvalue weighted by atomic mass is 16.5. The summed E-state index contributed by atoms with van der Waals surface area (Å²) in [7, 11) is 0. The highest BCUT2D eigenvalue weighted by Crippen LogP contribution is 2.27. The summed E-state index contributed by atoms with van der Waals surface area (Å²) < 4.78 is 11.5. The van der Waals surface area contributed by atoms with Gasteiger partial charge in [0.1, 0.15) is 17.9 Å². The number of rotatable bonds is 4. The minimum atomic E-state index is 0.392. The van der Waals surface area contributed by atoms with E-state index >= 15 is 0 Å². The molecule has 0 saturated carbocycles. The van der Waals surface area contributed by atoms with Crippen LogP contribution < -0.4 is 4.74 Å². The summed E-state index contributed by atoms with van der Waals surface area (Å²) >= 11 is 0. The topological polar surface area (TPSA) is 61.0 Å². The number of nitrogens with zero attached hydrogens (tertiary/aromatic N) is 3. The molecule has 1 atom stereocenters. The molecule has 0 radical (unpaired) electrons. The molecule has 5 nitrogen and oxygen atoms in total. The molecule has 120 valence electrons. The predicted molar refractivity (Wildman–Crippen MR) is 91.4 cm³/mol. The number of hydrogen-bond donors (Lipinski definition) is 0. The van der Waals surface area contributed by atoms with Gasteiger partial charge < -0.3 is 9.15 Å². The molecule has 3 heterocycles. The number of oxazole rings is 1. The Labute approximate surface area is 139 Å². The van der Waals surface area contributed by atoms with Crippen LogP contribution in [0.4, 0.5) is 0 Å². The molecule has 0 spiro atoms. The van der Waals surface area contributed by atoms with Crippen molar-refractivity contribution in [2.45, 2.75) is 20.5 Å². The fraction of sp³-hybridized carbons (Fsp3) is 0.211. The zero-order valence-electron chi connectivity index (χ0n) is 13.6. The Morgan fingerprint density at radius 3 is 2.88 bits per heavy atom. The smallest absolute Gasteiger partial charge is 0.247 e. The fourth-order valence-corrected chi connectivity index (χ4v) is 2.54. The average molecular weight is 319 g/mol. The number of aryl methyl sites for hydroxylation is 1. The van der Waals surface area contributed by atoms with E-state index in [0.29, 0.717) is 35.4 Å². The summed E-state index contributed by atoms with van der Waals surface area (Å²) in [5, 5.41) is 0. The Balaban J connectivity index is 1.53. The lowest BCUT2D eigenvalue weighted by Crippen LogP contribution is -1.98. The highest BCUT2D eigenvalue weighted by Gasteiger charge is 2.14. The van der Waals surface area contributed by atoms with E-state index < -0.39 is 0 Å². The summed E-state index contributed by atoms with van der Waals surface area (Å²) in [6.45, 7) is 4.52. The van der Waals surface area contributed by atoms with Crippen molar-refractivity contribution in [2.24, 2.45) is 5.92 Å². The van der Waals surface area contributed by atoms with E-state index in [1.807, 2.05) is 37.4 Å². The maximum Gasteiger partial charge on any atom is 0.247 e. The van der Waals surface area contributed by atoms with Crippen LogP contribution in [0.2, 0.25) is 0 Å². The average Bonchev–Trinajstić information content (AvgIpc) is 3.19. The van der Waals surface area contributed by atoms with Gasteiger partial charge in [-0.3, -0.25) is 4.98 Å². The molecular formula is C19H17N3O2. The number of hydrogen-bond acceptors (Lipinski definition) is 5. The van der Waals surface area contributed by atoms with Crippen molar-refractivity contribution in [3.8, 4) is 5.75 Å². The quantitative estimate of drug-likeness (QED) is 0.724. The standard InChI is InChI=1S/C19H17N3O2/c1-12-3-5-14(7-12)18-22-17-8-16(10-21-19(17)24-18)23-11-15-6-4-13(2)9-20-15/h3-10,12H,11H2,1-2H3. The van der Waals surface area contributed by atoms with Gasteiger partial charge >= 0.3 is 0 Å². The first-order valence-electron chi connectivity index (χ1n) is 7.89. The Morgan fingerprint density at radius 1 is 1.21 bits per heavy atom. The van der Waals surface area contributed by atoms with Gasteiger partial charge in [-0.05, 0) is 24.5 Å². The molecule has 0 amide bonds. The first-order valence-corrected chi connectivity index (χ1v) is 7.89. The monoisotopic (exact) mass is 319 g/mol. The Hall–Kier alpha value is -2.95. The second kappa shape index (κ2) is 5.92. The van der Waals surface area contributed by atoms with Crippen LogP contribution in [0.25, 0.3) is 16.8 Å². The summed E-state index contributed by atoms with van der Waals surface area (Å²) in [5.74, 6) is 1.65. The minimum Gasteiger partial charge on any atom is -0.486 e. The molecular weight excluding hydrogens is 302 g/mol. The molecule has 0 aromatic carbocycles. The largest absolute Gasteiger partial charge is 0.486 e. The van der Waals surface area contributed by atoms with Crippen LogP contribution in [0.15, 0.2) is 53.2 Å². The summed E-state index contributed by atoms with van der Waals surface area (Å²) in [6.07, 6.45) is 9.72. The predicted octanol–water partition coefficient (Wildman–Crippen LogP) is 4.09. The van der Waals surface area contributed by atoms with Crippen molar-refractivity contribution < 1.29 is 9.15 Å². The molecule has 0 saturated heterocycles.